The van der Waals surface area contributed by atoms with Crippen molar-refractivity contribution >= 4 is 16.5 Å². The number of hydrogen-bond donors (Lipinski definition) is 1. The first-order chi connectivity index (χ1) is 9.60. The normalized spacial score (nSPS) is 26.8. The van der Waals surface area contributed by atoms with E-state index in [1.54, 1.807) is 12.1 Å². The zero-order valence-electron chi connectivity index (χ0n) is 11.4. The van der Waals surface area contributed by atoms with Crippen LogP contribution in [0, 0.1) is 5.82 Å². The Labute approximate surface area is 121 Å². The van der Waals surface area contributed by atoms with Crippen LogP contribution in [-0.2, 0) is 15.5 Å². The van der Waals surface area contributed by atoms with E-state index in [1.165, 1.54) is 18.9 Å². The third kappa shape index (κ3) is 2.61. The van der Waals surface area contributed by atoms with E-state index < -0.39 is 16.6 Å². The molecule has 0 bridgehead atoms. The molecule has 1 aliphatic heterocycles. The van der Waals surface area contributed by atoms with Crippen LogP contribution in [0.25, 0.3) is 0 Å². The molecule has 2 N–H and O–H groups in total. The maximum absolute atomic E-state index is 13.9. The zero-order valence-corrected chi connectivity index (χ0v) is 12.3. The Morgan fingerprint density at radius 3 is 2.80 bits per heavy atom. The fourth-order valence-corrected chi connectivity index (χ4v) is 4.97. The van der Waals surface area contributed by atoms with Crippen molar-refractivity contribution < 1.29 is 13.3 Å². The highest BCUT2D eigenvalue weighted by atomic mass is 32.2. The molecule has 1 saturated carbocycles. The van der Waals surface area contributed by atoms with E-state index in [9.17, 15) is 8.60 Å². The smallest absolute Gasteiger partial charge is 0.141 e. The van der Waals surface area contributed by atoms with E-state index in [0.717, 1.165) is 25.7 Å². The quantitative estimate of drug-likeness (QED) is 0.854. The number of hydrogen-bond acceptors (Lipinski definition) is 3. The van der Waals surface area contributed by atoms with Gasteiger partial charge in [0.25, 0.3) is 0 Å². The Kier molecular flexibility index (Phi) is 3.82. The Morgan fingerprint density at radius 2 is 2.10 bits per heavy atom. The van der Waals surface area contributed by atoms with E-state index >= 15 is 0 Å². The summed E-state index contributed by atoms with van der Waals surface area (Å²) in [7, 11) is -1.32. The maximum Gasteiger partial charge on any atom is 0.141 e. The molecule has 1 spiro atoms. The topological polar surface area (TPSA) is 52.3 Å². The molecule has 2 fully saturated rings. The predicted molar refractivity (Wildman–Crippen MR) is 77.4 cm³/mol. The first kappa shape index (κ1) is 14.0. The molecule has 20 heavy (non-hydrogen) atoms. The molecule has 2 aliphatic rings. The minimum Gasteiger partial charge on any atom is -0.399 e. The number of rotatable bonds is 2. The fourth-order valence-electron chi connectivity index (χ4n) is 3.39. The third-order valence-corrected chi connectivity index (χ3v) is 6.21. The molecule has 1 saturated heterocycles. The molecule has 3 rings (SSSR count). The molecule has 0 amide bonds. The van der Waals surface area contributed by atoms with Gasteiger partial charge in [-0.2, -0.15) is 0 Å². The lowest BCUT2D eigenvalue weighted by Gasteiger charge is -2.37. The number of ether oxygens (including phenoxy) is 1. The number of nitrogens with two attached hydrogens (primary N) is 1. The van der Waals surface area contributed by atoms with Crippen molar-refractivity contribution in [3.05, 3.63) is 24.0 Å². The van der Waals surface area contributed by atoms with Crippen molar-refractivity contribution in [2.75, 3.05) is 12.3 Å². The van der Waals surface area contributed by atoms with Crippen LogP contribution >= 0.6 is 0 Å². The van der Waals surface area contributed by atoms with Gasteiger partial charge in [-0.05, 0) is 43.9 Å². The number of halogens is 1. The van der Waals surface area contributed by atoms with Gasteiger partial charge in [0.1, 0.15) is 5.82 Å². The summed E-state index contributed by atoms with van der Waals surface area (Å²) in [5.74, 6) is -0.463. The Bertz CT molecular complexity index is 529. The summed E-state index contributed by atoms with van der Waals surface area (Å²) in [4.78, 5) is 0.277. The second-order valence-electron chi connectivity index (χ2n) is 5.84. The monoisotopic (exact) mass is 297 g/mol. The summed E-state index contributed by atoms with van der Waals surface area (Å²) < 4.78 is 32.5. The molecular weight excluding hydrogens is 277 g/mol. The van der Waals surface area contributed by atoms with E-state index in [-0.39, 0.29) is 15.7 Å². The van der Waals surface area contributed by atoms with Crippen molar-refractivity contribution in [3.8, 4) is 0 Å². The van der Waals surface area contributed by atoms with Crippen molar-refractivity contribution in [1.29, 1.82) is 0 Å². The molecule has 5 heteroatoms. The predicted octanol–water partition coefficient (Wildman–Crippen LogP) is 3.01. The number of benzene rings is 1. The van der Waals surface area contributed by atoms with Gasteiger partial charge in [0.15, 0.2) is 0 Å². The summed E-state index contributed by atoms with van der Waals surface area (Å²) in [5.41, 5.74) is 5.81. The standard InChI is InChI=1S/C15H20FNO2S/c16-13-9-11(17)3-4-14(13)20(18)12-5-8-19-15(10-12)6-1-2-7-15/h3-4,9,12H,1-2,5-8,10,17H2. The summed E-state index contributed by atoms with van der Waals surface area (Å²) in [6.07, 6.45) is 5.96. The average Bonchev–Trinajstić information content (AvgIpc) is 2.86. The van der Waals surface area contributed by atoms with Crippen molar-refractivity contribution in [2.45, 2.75) is 54.3 Å². The minimum atomic E-state index is -1.32. The van der Waals surface area contributed by atoms with Crippen LogP contribution in [0.4, 0.5) is 10.1 Å². The molecule has 0 aromatic heterocycles. The highest BCUT2D eigenvalue weighted by Crippen LogP contribution is 2.42. The van der Waals surface area contributed by atoms with Crippen LogP contribution in [0.5, 0.6) is 0 Å². The van der Waals surface area contributed by atoms with E-state index in [4.69, 9.17) is 10.5 Å². The molecule has 3 nitrogen and oxygen atoms in total. The Morgan fingerprint density at radius 1 is 1.35 bits per heavy atom. The Hall–Kier alpha value is -0.940. The van der Waals surface area contributed by atoms with E-state index in [0.29, 0.717) is 12.3 Å². The molecule has 1 aromatic carbocycles. The zero-order chi connectivity index (χ0) is 14.2. The Balaban J connectivity index is 1.79. The number of nitrogen functional groups attached to an aromatic ring is 1. The van der Waals surface area contributed by atoms with Gasteiger partial charge < -0.3 is 10.5 Å². The molecule has 1 aliphatic carbocycles. The van der Waals surface area contributed by atoms with Crippen LogP contribution in [0.3, 0.4) is 0 Å². The summed E-state index contributed by atoms with van der Waals surface area (Å²) in [5, 5.41) is -0.0139. The van der Waals surface area contributed by atoms with Crippen LogP contribution in [0.15, 0.2) is 23.1 Å². The molecule has 2 unspecified atom stereocenters. The van der Waals surface area contributed by atoms with Crippen LogP contribution in [0.1, 0.15) is 38.5 Å². The molecule has 1 heterocycles. The van der Waals surface area contributed by atoms with Crippen LogP contribution in [0.2, 0.25) is 0 Å². The van der Waals surface area contributed by atoms with Gasteiger partial charge in [-0.1, -0.05) is 12.8 Å². The van der Waals surface area contributed by atoms with Gasteiger partial charge >= 0.3 is 0 Å². The SMILES string of the molecule is Nc1ccc(S(=O)C2CCOC3(CCCC3)C2)c(F)c1. The average molecular weight is 297 g/mol. The van der Waals surface area contributed by atoms with Crippen molar-refractivity contribution in [2.24, 2.45) is 0 Å². The number of anilines is 1. The van der Waals surface area contributed by atoms with Gasteiger partial charge in [-0.3, -0.25) is 4.21 Å². The molecule has 110 valence electrons. The van der Waals surface area contributed by atoms with Gasteiger partial charge in [0, 0.05) is 17.5 Å². The van der Waals surface area contributed by atoms with Crippen molar-refractivity contribution in [1.82, 2.24) is 0 Å². The fraction of sp³-hybridized carbons (Fsp3) is 0.600. The molecule has 1 aromatic rings. The lowest BCUT2D eigenvalue weighted by Crippen LogP contribution is -2.41. The van der Waals surface area contributed by atoms with Crippen LogP contribution < -0.4 is 5.73 Å². The lowest BCUT2D eigenvalue weighted by atomic mass is 9.92. The molecule has 2 atom stereocenters. The van der Waals surface area contributed by atoms with Gasteiger partial charge in [0.2, 0.25) is 0 Å². The highest BCUT2D eigenvalue weighted by Gasteiger charge is 2.42. The first-order valence-electron chi connectivity index (χ1n) is 7.19. The van der Waals surface area contributed by atoms with E-state index in [1.807, 2.05) is 0 Å². The van der Waals surface area contributed by atoms with Gasteiger partial charge in [-0.15, -0.1) is 0 Å². The van der Waals surface area contributed by atoms with E-state index in [2.05, 4.69) is 0 Å². The lowest BCUT2D eigenvalue weighted by molar-refractivity contribution is -0.0708. The molecular formula is C15H20FNO2S. The van der Waals surface area contributed by atoms with Gasteiger partial charge in [-0.25, -0.2) is 4.39 Å². The summed E-state index contributed by atoms with van der Waals surface area (Å²) >= 11 is 0. The van der Waals surface area contributed by atoms with Crippen LogP contribution in [-0.4, -0.2) is 21.7 Å². The molecule has 0 radical (unpaired) electrons. The van der Waals surface area contributed by atoms with Gasteiger partial charge in [0.05, 0.1) is 21.3 Å². The maximum atomic E-state index is 13.9. The third-order valence-electron chi connectivity index (χ3n) is 4.44. The summed E-state index contributed by atoms with van der Waals surface area (Å²) in [6, 6.07) is 4.41. The summed E-state index contributed by atoms with van der Waals surface area (Å²) in [6.45, 7) is 0.632. The highest BCUT2D eigenvalue weighted by molar-refractivity contribution is 7.85. The largest absolute Gasteiger partial charge is 0.399 e. The van der Waals surface area contributed by atoms with Crippen molar-refractivity contribution in [3.63, 3.8) is 0 Å². The second-order valence-corrected chi connectivity index (χ2v) is 7.54. The second kappa shape index (κ2) is 5.45. The minimum absolute atomic E-state index is 0.0139. The first-order valence-corrected chi connectivity index (χ1v) is 8.41.